The smallest absolute Gasteiger partial charge is 0.407 e. The normalized spacial score (nSPS) is 32.1. The molecule has 8 heterocycles. The molecule has 10 atom stereocenters. The molecule has 0 spiro atoms. The molecule has 79 heavy (non-hydrogen) atoms. The Labute approximate surface area is 484 Å². The fraction of sp³-hybridized carbons (Fsp3) is 0.746. The molecule has 2 aromatic carbocycles. The second-order valence-electron chi connectivity index (χ2n) is 24.6. The van der Waals surface area contributed by atoms with E-state index < -0.39 is 42.5 Å². The maximum absolute atomic E-state index is 13.1. The molecule has 0 bridgehead atoms. The monoisotopic (exact) mass is 1170 g/mol. The minimum atomic E-state index is -0.792. The van der Waals surface area contributed by atoms with Crippen LogP contribution in [-0.2, 0) is 52.2 Å². The quantitative estimate of drug-likeness (QED) is 0.0587. The van der Waals surface area contributed by atoms with E-state index in [9.17, 15) is 14.4 Å². The minimum Gasteiger partial charge on any atom is -0.457 e. The molecular weight excluding hydrogens is 1080 g/mol. The zero-order valence-electron chi connectivity index (χ0n) is 47.2. The Bertz CT molecular complexity index is 2330. The van der Waals surface area contributed by atoms with Crippen molar-refractivity contribution in [3.05, 3.63) is 59.7 Å². The Morgan fingerprint density at radius 3 is 1.54 bits per heavy atom. The molecule has 0 saturated carbocycles. The van der Waals surface area contributed by atoms with Gasteiger partial charge in [0.15, 0.2) is 48.6 Å². The Hall–Kier alpha value is -2.31. The van der Waals surface area contributed by atoms with Crippen LogP contribution >= 0.6 is 43.2 Å². The zero-order chi connectivity index (χ0) is 55.4. The molecule has 438 valence electrons. The molecule has 0 aromatic heterocycles. The molecule has 1 amide bonds. The largest absolute Gasteiger partial charge is 0.457 e. The Morgan fingerprint density at radius 2 is 1.09 bits per heavy atom. The number of hydrogen-bond donors (Lipinski definition) is 2. The number of nitrogens with two attached hydrogens (primary N) is 1. The van der Waals surface area contributed by atoms with E-state index in [2.05, 4.69) is 65.4 Å². The van der Waals surface area contributed by atoms with E-state index in [0.29, 0.717) is 37.8 Å². The van der Waals surface area contributed by atoms with Gasteiger partial charge in [0.25, 0.3) is 0 Å². The number of rotatable bonds is 19. The number of fused-ring (bicyclic) bond motifs is 5. The molecule has 8 saturated heterocycles. The van der Waals surface area contributed by atoms with Crippen LogP contribution in [0.3, 0.4) is 0 Å². The van der Waals surface area contributed by atoms with Gasteiger partial charge in [0.05, 0.1) is 0 Å². The molecule has 20 heteroatoms. The van der Waals surface area contributed by atoms with Crippen LogP contribution in [0.1, 0.15) is 148 Å². The number of carbonyl (C=O) groups is 3. The van der Waals surface area contributed by atoms with Crippen molar-refractivity contribution in [2.24, 2.45) is 5.73 Å². The van der Waals surface area contributed by atoms with Crippen molar-refractivity contribution >= 4 is 61.2 Å². The number of ether oxygens (including phenoxy) is 9. The standard InChI is InChI=1S/C37H48N2O7S2.C22H38N2O5S2/c1-36(2)45-33-32(44-31(40)15-9-4-10-24-16-21-47-48-24)30(43-34(33)46-36)22-39-19-17-37(3,18-20-39)38-35(41)42-23-29-27-13-7-5-11-25(27)26-12-6-8-14-28(26)29;1-21(2)28-19-18(27-17(25)7-5-4-6-15-8-13-30-31-15)16(26-20(19)29-21)14-24-11-9-22(3,23)10-12-24/h5-8,11-14,24,29-30,32-34H,4,9-10,15-23H2,1-3H3,(H,38,41);15-16,18-20H,4-14,23H2,1-3H3/t24?,30-,32+,33-,34-;15?,16-,18+,19-,20-/m11/s1. The highest BCUT2D eigenvalue weighted by atomic mass is 33.1. The van der Waals surface area contributed by atoms with Crippen LogP contribution in [0.5, 0.6) is 0 Å². The van der Waals surface area contributed by atoms with E-state index in [4.69, 9.17) is 48.4 Å². The van der Waals surface area contributed by atoms with Gasteiger partial charge in [-0.05, 0) is 141 Å². The SMILES string of the molecule is CC1(N)CCN(C[C@H]2O[C@@H]3OC(C)(C)O[C@@H]3[C@H]2OC(=O)CCCCC2CCSS2)CC1.CC1(NC(=O)OCC2c3ccccc3-c3ccccc32)CCN(C[C@H]2O[C@@H]3OC(C)(C)O[C@@H]3[C@H]2OC(=O)CCCCC2CCSS2)CC1. The number of alkyl carbamates (subject to hydrolysis) is 1. The van der Waals surface area contributed by atoms with Gasteiger partial charge in [0, 0.05) is 78.0 Å². The third-order valence-electron chi connectivity index (χ3n) is 17.1. The van der Waals surface area contributed by atoms with Gasteiger partial charge in [-0.3, -0.25) is 9.59 Å². The number of amides is 1. The number of nitrogens with one attached hydrogen (secondary N) is 1. The predicted octanol–water partition coefficient (Wildman–Crippen LogP) is 10.2. The Morgan fingerprint density at radius 1 is 0.633 bits per heavy atom. The van der Waals surface area contributed by atoms with Crippen molar-refractivity contribution in [1.82, 2.24) is 15.1 Å². The molecule has 2 aromatic rings. The van der Waals surface area contributed by atoms with E-state index in [-0.39, 0.29) is 53.3 Å². The number of carbonyl (C=O) groups excluding carboxylic acids is 3. The van der Waals surface area contributed by atoms with Gasteiger partial charge in [0.2, 0.25) is 0 Å². The summed E-state index contributed by atoms with van der Waals surface area (Å²) in [6, 6.07) is 16.7. The summed E-state index contributed by atoms with van der Waals surface area (Å²) < 4.78 is 54.5. The highest BCUT2D eigenvalue weighted by molar-refractivity contribution is 8.77. The molecule has 16 nitrogen and oxygen atoms in total. The first-order chi connectivity index (χ1) is 37.9. The maximum atomic E-state index is 13.1. The van der Waals surface area contributed by atoms with Gasteiger partial charge in [-0.25, -0.2) is 4.79 Å². The van der Waals surface area contributed by atoms with Gasteiger partial charge in [-0.1, -0.05) is 105 Å². The van der Waals surface area contributed by atoms with E-state index in [1.807, 2.05) is 83.0 Å². The van der Waals surface area contributed by atoms with E-state index >= 15 is 0 Å². The van der Waals surface area contributed by atoms with Crippen molar-refractivity contribution in [2.75, 3.05) is 57.4 Å². The van der Waals surface area contributed by atoms with Gasteiger partial charge in [-0.15, -0.1) is 0 Å². The Kier molecular flexibility index (Phi) is 19.9. The maximum Gasteiger partial charge on any atom is 0.407 e. The highest BCUT2D eigenvalue weighted by Crippen LogP contribution is 2.46. The summed E-state index contributed by atoms with van der Waals surface area (Å²) in [5, 5.41) is 4.63. The predicted molar refractivity (Wildman–Crippen MR) is 312 cm³/mol. The van der Waals surface area contributed by atoms with Crippen molar-refractivity contribution in [3.8, 4) is 11.1 Å². The lowest BCUT2D eigenvalue weighted by molar-refractivity contribution is -0.220. The second kappa shape index (κ2) is 26.3. The summed E-state index contributed by atoms with van der Waals surface area (Å²) in [6.07, 6.45) is 9.15. The summed E-state index contributed by atoms with van der Waals surface area (Å²) in [5.74, 6) is 0.632. The molecule has 3 N–H and O–H groups in total. The van der Waals surface area contributed by atoms with Gasteiger partial charge in [-0.2, -0.15) is 0 Å². The first-order valence-electron chi connectivity index (χ1n) is 29.2. The summed E-state index contributed by atoms with van der Waals surface area (Å²) in [4.78, 5) is 43.4. The van der Waals surface area contributed by atoms with Crippen molar-refractivity contribution in [2.45, 2.75) is 220 Å². The van der Waals surface area contributed by atoms with Crippen LogP contribution in [0.2, 0.25) is 0 Å². The molecule has 8 aliphatic heterocycles. The number of nitrogens with zero attached hydrogens (tertiary/aromatic N) is 2. The van der Waals surface area contributed by atoms with Crippen LogP contribution in [0, 0.1) is 0 Å². The third kappa shape index (κ3) is 15.7. The van der Waals surface area contributed by atoms with Crippen molar-refractivity contribution in [3.63, 3.8) is 0 Å². The summed E-state index contributed by atoms with van der Waals surface area (Å²) >= 11 is 0. The molecule has 0 radical (unpaired) electrons. The summed E-state index contributed by atoms with van der Waals surface area (Å²) in [5.41, 5.74) is 10.6. The average Bonchev–Trinajstić information content (AvgIpc) is 4.51. The highest BCUT2D eigenvalue weighted by Gasteiger charge is 2.58. The van der Waals surface area contributed by atoms with Crippen LogP contribution in [-0.4, -0.2) is 168 Å². The first kappa shape index (κ1) is 59.8. The number of unbranched alkanes of at least 4 members (excludes halogenated alkanes) is 2. The van der Waals surface area contributed by atoms with Gasteiger partial charge < -0.3 is 63.5 Å². The van der Waals surface area contributed by atoms with E-state index in [1.165, 1.54) is 53.0 Å². The molecular formula is C59H86N4O12S4. The second-order valence-corrected chi connectivity index (χ2v) is 30.2. The van der Waals surface area contributed by atoms with Crippen LogP contribution in [0.15, 0.2) is 48.5 Å². The fourth-order valence-electron chi connectivity index (χ4n) is 12.5. The fourth-order valence-corrected chi connectivity index (χ4v) is 18.6. The van der Waals surface area contributed by atoms with Crippen LogP contribution in [0.25, 0.3) is 11.1 Å². The number of piperidine rings is 2. The minimum absolute atomic E-state index is 0.0273. The molecule has 2 unspecified atom stereocenters. The number of esters is 2. The third-order valence-corrected chi connectivity index (χ3v) is 23.1. The summed E-state index contributed by atoms with van der Waals surface area (Å²) in [7, 11) is 7.89. The van der Waals surface area contributed by atoms with E-state index in [1.54, 1.807) is 0 Å². The lowest BCUT2D eigenvalue weighted by Gasteiger charge is -2.40. The van der Waals surface area contributed by atoms with Crippen molar-refractivity contribution < 1.29 is 57.0 Å². The van der Waals surface area contributed by atoms with E-state index in [0.717, 1.165) is 89.2 Å². The number of hydrogen-bond acceptors (Lipinski definition) is 19. The number of likely N-dealkylation sites (tertiary alicyclic amines) is 2. The topological polar surface area (TPSA) is 179 Å². The van der Waals surface area contributed by atoms with Gasteiger partial charge in [0.1, 0.15) is 18.8 Å². The molecule has 8 fully saturated rings. The van der Waals surface area contributed by atoms with Gasteiger partial charge >= 0.3 is 18.0 Å². The Balaban J connectivity index is 0.000000196. The molecule has 1 aliphatic carbocycles. The zero-order valence-corrected chi connectivity index (χ0v) is 50.5. The number of benzene rings is 2. The average molecular weight is 1170 g/mol. The van der Waals surface area contributed by atoms with Crippen LogP contribution < -0.4 is 11.1 Å². The first-order valence-corrected chi connectivity index (χ1v) is 34.0. The van der Waals surface area contributed by atoms with Crippen molar-refractivity contribution in [1.29, 1.82) is 0 Å². The lowest BCUT2D eigenvalue weighted by Crippen LogP contribution is -2.55. The summed E-state index contributed by atoms with van der Waals surface area (Å²) in [6.45, 7) is 16.6. The van der Waals surface area contributed by atoms with Crippen LogP contribution in [0.4, 0.5) is 4.79 Å². The molecule has 9 aliphatic rings. The lowest BCUT2D eigenvalue weighted by atomic mass is 9.89. The molecule has 11 rings (SSSR count).